The largest absolute Gasteiger partial charge is 0.388 e. The van der Waals surface area contributed by atoms with Gasteiger partial charge in [-0.15, -0.1) is 0 Å². The van der Waals surface area contributed by atoms with Crippen LogP contribution in [0.5, 0.6) is 0 Å². The van der Waals surface area contributed by atoms with E-state index in [1.165, 1.54) is 5.56 Å². The number of pyridine rings is 1. The number of hydrogen-bond acceptors (Lipinski definition) is 5. The van der Waals surface area contributed by atoms with Crippen LogP contribution in [0, 0.1) is 0 Å². The van der Waals surface area contributed by atoms with Crippen LogP contribution in [0.25, 0.3) is 0 Å². The molecule has 8 nitrogen and oxygen atoms in total. The van der Waals surface area contributed by atoms with Gasteiger partial charge in [0.25, 0.3) is 0 Å². The van der Waals surface area contributed by atoms with Crippen molar-refractivity contribution in [2.24, 2.45) is 0 Å². The predicted octanol–water partition coefficient (Wildman–Crippen LogP) is 3.44. The average Bonchev–Trinajstić information content (AvgIpc) is 3.09. The summed E-state index contributed by atoms with van der Waals surface area (Å²) in [6.45, 7) is 0.841. The lowest BCUT2D eigenvalue weighted by molar-refractivity contribution is -0.116. The fraction of sp³-hybridized carbons (Fsp3) is 0.536. The van der Waals surface area contributed by atoms with Crippen molar-refractivity contribution in [3.8, 4) is 0 Å². The summed E-state index contributed by atoms with van der Waals surface area (Å²) >= 11 is 0. The summed E-state index contributed by atoms with van der Waals surface area (Å²) in [6.07, 6.45) is 9.14. The molecule has 0 radical (unpaired) electrons. The Morgan fingerprint density at radius 2 is 1.69 bits per heavy atom. The van der Waals surface area contributed by atoms with Gasteiger partial charge in [-0.05, 0) is 76.7 Å². The Labute approximate surface area is 213 Å². The van der Waals surface area contributed by atoms with Gasteiger partial charge in [-0.3, -0.25) is 14.7 Å². The second-order valence-corrected chi connectivity index (χ2v) is 11.1. The molecule has 2 heterocycles. The van der Waals surface area contributed by atoms with Crippen LogP contribution in [-0.2, 0) is 10.3 Å². The van der Waals surface area contributed by atoms with Crippen molar-refractivity contribution in [2.45, 2.75) is 61.6 Å². The summed E-state index contributed by atoms with van der Waals surface area (Å²) < 4.78 is 0. The molecule has 1 aromatic heterocycles. The van der Waals surface area contributed by atoms with E-state index in [0.29, 0.717) is 18.8 Å². The maximum Gasteiger partial charge on any atom is 0.321 e. The zero-order valence-corrected chi connectivity index (χ0v) is 21.3. The Bertz CT molecular complexity index is 1080. The lowest BCUT2D eigenvalue weighted by Crippen LogP contribution is -2.59. The lowest BCUT2D eigenvalue weighted by Gasteiger charge is -2.52. The summed E-state index contributed by atoms with van der Waals surface area (Å²) in [7, 11) is 4.27. The van der Waals surface area contributed by atoms with E-state index < -0.39 is 5.60 Å². The highest BCUT2D eigenvalue weighted by molar-refractivity contribution is 5.94. The third kappa shape index (κ3) is 4.48. The Hall–Kier alpha value is -2.97. The molecular formula is C28H37N5O3. The highest BCUT2D eigenvalue weighted by atomic mass is 16.3. The van der Waals surface area contributed by atoms with Gasteiger partial charge in [-0.25, -0.2) is 4.79 Å². The van der Waals surface area contributed by atoms with Crippen LogP contribution < -0.4 is 5.32 Å². The van der Waals surface area contributed by atoms with Crippen molar-refractivity contribution in [3.05, 3.63) is 60.4 Å². The van der Waals surface area contributed by atoms with Gasteiger partial charge in [0.15, 0.2) is 0 Å². The van der Waals surface area contributed by atoms with Crippen molar-refractivity contribution in [2.75, 3.05) is 39.0 Å². The van der Waals surface area contributed by atoms with E-state index in [-0.39, 0.29) is 29.6 Å². The predicted molar refractivity (Wildman–Crippen MR) is 138 cm³/mol. The number of aromatic nitrogens is 1. The number of nitrogens with one attached hydrogen (secondary N) is 1. The van der Waals surface area contributed by atoms with E-state index in [0.717, 1.165) is 44.9 Å². The van der Waals surface area contributed by atoms with Crippen LogP contribution in [0.4, 0.5) is 10.5 Å². The van der Waals surface area contributed by atoms with Crippen molar-refractivity contribution < 1.29 is 14.7 Å². The molecule has 3 amide bonds. The number of benzene rings is 1. The molecule has 0 bridgehead atoms. The topological polar surface area (TPSA) is 89.0 Å². The van der Waals surface area contributed by atoms with Gasteiger partial charge in [0.2, 0.25) is 5.91 Å². The average molecular weight is 492 g/mol. The summed E-state index contributed by atoms with van der Waals surface area (Å²) in [6, 6.07) is 13.9. The second kappa shape index (κ2) is 9.48. The highest BCUT2D eigenvalue weighted by Gasteiger charge is 2.56. The summed E-state index contributed by atoms with van der Waals surface area (Å²) in [5.41, 5.74) is 0.669. The standard InChI is InChI=1S/C28H37N5O3/c1-31(2)28(22-7-4-3-5-8-22)15-13-26(14-16-28)20-32(19-24(34)30-23-9-17-29-18-10-23)25(35)33(26)21-27(36)11-6-12-27/h3-5,7-10,17-18,36H,6,11-16,19-21H2,1-2H3,(H,29,30,34). The molecule has 1 aliphatic heterocycles. The molecule has 8 heteroatoms. The van der Waals surface area contributed by atoms with Crippen LogP contribution >= 0.6 is 0 Å². The number of rotatable bonds is 7. The molecule has 1 spiro atoms. The minimum Gasteiger partial charge on any atom is -0.388 e. The Morgan fingerprint density at radius 3 is 2.28 bits per heavy atom. The molecule has 2 aromatic rings. The molecular weight excluding hydrogens is 454 g/mol. The summed E-state index contributed by atoms with van der Waals surface area (Å²) in [4.78, 5) is 36.4. The normalized spacial score (nSPS) is 27.4. The van der Waals surface area contributed by atoms with Crippen molar-refractivity contribution in [1.29, 1.82) is 0 Å². The molecule has 2 saturated carbocycles. The Morgan fingerprint density at radius 1 is 1.03 bits per heavy atom. The van der Waals surface area contributed by atoms with Gasteiger partial charge in [-0.1, -0.05) is 30.3 Å². The molecule has 0 unspecified atom stereocenters. The van der Waals surface area contributed by atoms with E-state index in [2.05, 4.69) is 53.6 Å². The quantitative estimate of drug-likeness (QED) is 0.619. The van der Waals surface area contributed by atoms with Crippen molar-refractivity contribution in [3.63, 3.8) is 0 Å². The third-order valence-corrected chi connectivity index (χ3v) is 8.77. The van der Waals surface area contributed by atoms with E-state index >= 15 is 0 Å². The molecule has 2 aliphatic carbocycles. The number of urea groups is 1. The zero-order chi connectivity index (χ0) is 25.4. The second-order valence-electron chi connectivity index (χ2n) is 11.1. The monoisotopic (exact) mass is 491 g/mol. The molecule has 0 atom stereocenters. The SMILES string of the molecule is CN(C)C1(c2ccccc2)CCC2(CC1)CN(CC(=O)Nc1ccncc1)C(=O)N2CC1(O)CCC1. The van der Waals surface area contributed by atoms with Gasteiger partial charge >= 0.3 is 6.03 Å². The first-order valence-electron chi connectivity index (χ1n) is 13.0. The maximum atomic E-state index is 13.7. The fourth-order valence-corrected chi connectivity index (χ4v) is 6.39. The maximum absolute atomic E-state index is 13.7. The van der Waals surface area contributed by atoms with Crippen LogP contribution in [0.3, 0.4) is 0 Å². The molecule has 3 aliphatic rings. The number of amides is 3. The Kier molecular flexibility index (Phi) is 6.51. The van der Waals surface area contributed by atoms with Crippen molar-refractivity contribution in [1.82, 2.24) is 19.7 Å². The third-order valence-electron chi connectivity index (χ3n) is 8.77. The first-order chi connectivity index (χ1) is 17.3. The molecule has 5 rings (SSSR count). The van der Waals surface area contributed by atoms with Crippen LogP contribution in [0.1, 0.15) is 50.5 Å². The van der Waals surface area contributed by atoms with Gasteiger partial charge in [-0.2, -0.15) is 0 Å². The first-order valence-corrected chi connectivity index (χ1v) is 13.0. The molecule has 192 valence electrons. The first kappa shape index (κ1) is 24.7. The number of carbonyl (C=O) groups excluding carboxylic acids is 2. The van der Waals surface area contributed by atoms with Crippen molar-refractivity contribution >= 4 is 17.6 Å². The lowest BCUT2D eigenvalue weighted by atomic mass is 9.67. The number of nitrogens with zero attached hydrogens (tertiary/aromatic N) is 4. The number of anilines is 1. The van der Waals surface area contributed by atoms with E-state index in [1.54, 1.807) is 29.4 Å². The van der Waals surface area contributed by atoms with E-state index in [9.17, 15) is 14.7 Å². The van der Waals surface area contributed by atoms with Gasteiger partial charge in [0.1, 0.15) is 6.54 Å². The molecule has 1 saturated heterocycles. The molecule has 3 fully saturated rings. The van der Waals surface area contributed by atoms with Gasteiger partial charge in [0.05, 0.1) is 17.7 Å². The molecule has 2 N–H and O–H groups in total. The van der Waals surface area contributed by atoms with E-state index in [1.807, 2.05) is 11.0 Å². The number of carbonyl (C=O) groups is 2. The minimum atomic E-state index is -0.812. The number of hydrogen-bond donors (Lipinski definition) is 2. The summed E-state index contributed by atoms with van der Waals surface area (Å²) in [5.74, 6) is -0.225. The summed E-state index contributed by atoms with van der Waals surface area (Å²) in [5, 5.41) is 13.9. The van der Waals surface area contributed by atoms with Gasteiger partial charge < -0.3 is 20.2 Å². The van der Waals surface area contributed by atoms with E-state index in [4.69, 9.17) is 0 Å². The zero-order valence-electron chi connectivity index (χ0n) is 21.3. The molecule has 1 aromatic carbocycles. The molecule has 36 heavy (non-hydrogen) atoms. The van der Waals surface area contributed by atoms with Crippen LogP contribution in [0.2, 0.25) is 0 Å². The Balaban J connectivity index is 1.37. The minimum absolute atomic E-state index is 0.00462. The smallest absolute Gasteiger partial charge is 0.321 e. The van der Waals surface area contributed by atoms with Gasteiger partial charge in [0, 0.05) is 30.2 Å². The number of aliphatic hydroxyl groups is 1. The highest BCUT2D eigenvalue weighted by Crippen LogP contribution is 2.50. The van der Waals surface area contributed by atoms with Crippen LogP contribution in [0.15, 0.2) is 54.9 Å². The fourth-order valence-electron chi connectivity index (χ4n) is 6.39. The number of β-amino-alcohol motifs (C(OH)–C–C–N with tert-alkyl or cyclic N) is 1. The van der Waals surface area contributed by atoms with Crippen LogP contribution in [-0.4, -0.2) is 81.6 Å².